The van der Waals surface area contributed by atoms with Gasteiger partial charge < -0.3 is 10.1 Å². The topological polar surface area (TPSA) is 64.4 Å². The van der Waals surface area contributed by atoms with E-state index in [4.69, 9.17) is 4.74 Å². The van der Waals surface area contributed by atoms with Crippen molar-refractivity contribution in [2.24, 2.45) is 0 Å². The number of non-ortho nitro benzene ring substituents is 1. The number of benzene rings is 1. The lowest BCUT2D eigenvalue weighted by Gasteiger charge is -2.29. The first-order valence-electron chi connectivity index (χ1n) is 6.21. The summed E-state index contributed by atoms with van der Waals surface area (Å²) in [6, 6.07) is 5.00. The van der Waals surface area contributed by atoms with E-state index in [0.717, 1.165) is 23.1 Å². The van der Waals surface area contributed by atoms with Crippen LogP contribution in [0.2, 0.25) is 0 Å². The molecule has 0 aromatic heterocycles. The van der Waals surface area contributed by atoms with Crippen molar-refractivity contribution >= 4 is 21.6 Å². The Hall–Kier alpha value is -0.980. The third-order valence-corrected chi connectivity index (χ3v) is 4.19. The molecule has 19 heavy (non-hydrogen) atoms. The summed E-state index contributed by atoms with van der Waals surface area (Å²) in [5.41, 5.74) is 0.922. The average Bonchev–Trinajstić information content (AvgIpc) is 2.67. The van der Waals surface area contributed by atoms with E-state index in [9.17, 15) is 10.1 Å². The van der Waals surface area contributed by atoms with Crippen LogP contribution < -0.4 is 5.32 Å². The summed E-state index contributed by atoms with van der Waals surface area (Å²) in [5.74, 6) is 0. The van der Waals surface area contributed by atoms with Gasteiger partial charge in [-0.25, -0.2) is 0 Å². The Kier molecular flexibility index (Phi) is 4.23. The summed E-state index contributed by atoms with van der Waals surface area (Å²) in [6.07, 6.45) is 1.10. The molecular formula is C13H17BrN2O3. The van der Waals surface area contributed by atoms with Gasteiger partial charge in [-0.05, 0) is 31.9 Å². The third-order valence-electron chi connectivity index (χ3n) is 3.74. The Balaban J connectivity index is 2.09. The lowest BCUT2D eigenvalue weighted by Crippen LogP contribution is -2.47. The zero-order valence-electron chi connectivity index (χ0n) is 11.0. The Morgan fingerprint density at radius 2 is 2.32 bits per heavy atom. The highest BCUT2D eigenvalue weighted by atomic mass is 79.9. The summed E-state index contributed by atoms with van der Waals surface area (Å²) in [7, 11) is 0. The number of hydrogen-bond acceptors (Lipinski definition) is 4. The van der Waals surface area contributed by atoms with Gasteiger partial charge in [0.15, 0.2) is 0 Å². The van der Waals surface area contributed by atoms with Crippen molar-refractivity contribution in [2.75, 3.05) is 6.61 Å². The Bertz CT molecular complexity index is 495. The van der Waals surface area contributed by atoms with Crippen molar-refractivity contribution < 1.29 is 9.66 Å². The number of nitro benzene ring substituents is 1. The minimum Gasteiger partial charge on any atom is -0.377 e. The second-order valence-corrected chi connectivity index (χ2v) is 6.02. The maximum atomic E-state index is 10.8. The first-order chi connectivity index (χ1) is 8.90. The van der Waals surface area contributed by atoms with Crippen LogP contribution in [0.3, 0.4) is 0 Å². The van der Waals surface area contributed by atoms with Crippen LogP contribution >= 0.6 is 15.9 Å². The molecule has 0 saturated carbocycles. The summed E-state index contributed by atoms with van der Waals surface area (Å²) in [5, 5.41) is 14.3. The minimum atomic E-state index is -0.378. The molecule has 1 heterocycles. The quantitative estimate of drug-likeness (QED) is 0.681. The minimum absolute atomic E-state index is 0.0723. The number of hydrogen-bond donors (Lipinski definition) is 1. The maximum absolute atomic E-state index is 10.8. The molecule has 0 aliphatic carbocycles. The van der Waals surface area contributed by atoms with Gasteiger partial charge in [0.1, 0.15) is 0 Å². The number of nitrogens with zero attached hydrogens (tertiary/aromatic N) is 1. The normalized spacial score (nSPS) is 26.6. The highest BCUT2D eigenvalue weighted by molar-refractivity contribution is 9.10. The van der Waals surface area contributed by atoms with Gasteiger partial charge in [-0.1, -0.05) is 15.9 Å². The second kappa shape index (κ2) is 5.56. The van der Waals surface area contributed by atoms with Crippen molar-refractivity contribution in [3.05, 3.63) is 38.3 Å². The first-order valence-corrected chi connectivity index (χ1v) is 7.00. The molecule has 1 N–H and O–H groups in total. The van der Waals surface area contributed by atoms with Crippen LogP contribution in [0.5, 0.6) is 0 Å². The molecule has 2 rings (SSSR count). The van der Waals surface area contributed by atoms with Crippen LogP contribution in [-0.4, -0.2) is 23.2 Å². The zero-order valence-corrected chi connectivity index (χ0v) is 12.6. The second-order valence-electron chi connectivity index (χ2n) is 5.11. The van der Waals surface area contributed by atoms with Crippen molar-refractivity contribution in [2.45, 2.75) is 38.5 Å². The predicted molar refractivity (Wildman–Crippen MR) is 76.1 cm³/mol. The fourth-order valence-electron chi connectivity index (χ4n) is 2.21. The Morgan fingerprint density at radius 3 is 2.89 bits per heavy atom. The van der Waals surface area contributed by atoms with Crippen LogP contribution in [0, 0.1) is 10.1 Å². The van der Waals surface area contributed by atoms with Gasteiger partial charge >= 0.3 is 0 Å². The lowest BCUT2D eigenvalue weighted by molar-refractivity contribution is -0.385. The molecule has 0 bridgehead atoms. The SMILES string of the molecule is CC1OCCC1(C)NCc1cc(Br)cc([N+](=O)[O-])c1. The lowest BCUT2D eigenvalue weighted by atomic mass is 9.94. The molecule has 1 aromatic carbocycles. The molecule has 104 valence electrons. The zero-order chi connectivity index (χ0) is 14.0. The maximum Gasteiger partial charge on any atom is 0.270 e. The number of ether oxygens (including phenoxy) is 1. The van der Waals surface area contributed by atoms with Crippen molar-refractivity contribution in [3.8, 4) is 0 Å². The van der Waals surface area contributed by atoms with Gasteiger partial charge in [0.25, 0.3) is 5.69 Å². The molecule has 2 unspecified atom stereocenters. The molecule has 1 aromatic rings. The van der Waals surface area contributed by atoms with Gasteiger partial charge in [0.05, 0.1) is 11.0 Å². The van der Waals surface area contributed by atoms with E-state index in [1.165, 1.54) is 6.07 Å². The molecule has 5 nitrogen and oxygen atoms in total. The highest BCUT2D eigenvalue weighted by Gasteiger charge is 2.36. The first kappa shape index (κ1) is 14.4. The van der Waals surface area contributed by atoms with E-state index in [1.54, 1.807) is 6.07 Å². The molecule has 1 aliphatic rings. The molecular weight excluding hydrogens is 312 g/mol. The van der Waals surface area contributed by atoms with Gasteiger partial charge in [0.2, 0.25) is 0 Å². The largest absolute Gasteiger partial charge is 0.377 e. The van der Waals surface area contributed by atoms with E-state index in [1.807, 2.05) is 13.0 Å². The van der Waals surface area contributed by atoms with Crippen LogP contribution in [0.15, 0.2) is 22.7 Å². The predicted octanol–water partition coefficient (Wildman–Crippen LogP) is 3.01. The number of halogens is 1. The summed E-state index contributed by atoms with van der Waals surface area (Å²) in [6.45, 7) is 5.51. The monoisotopic (exact) mass is 328 g/mol. The molecule has 1 fully saturated rings. The number of rotatable bonds is 4. The van der Waals surface area contributed by atoms with Gasteiger partial charge in [-0.15, -0.1) is 0 Å². The number of nitrogens with one attached hydrogen (secondary N) is 1. The third kappa shape index (κ3) is 3.32. The van der Waals surface area contributed by atoms with Gasteiger partial charge in [-0.3, -0.25) is 10.1 Å². The van der Waals surface area contributed by atoms with E-state index >= 15 is 0 Å². The van der Waals surface area contributed by atoms with Gasteiger partial charge in [-0.2, -0.15) is 0 Å². The van der Waals surface area contributed by atoms with E-state index in [2.05, 4.69) is 28.2 Å². The molecule has 2 atom stereocenters. The standard InChI is InChI=1S/C13H17BrN2O3/c1-9-13(2,3-4-19-9)15-8-10-5-11(14)7-12(6-10)16(17)18/h5-7,9,15H,3-4,8H2,1-2H3. The average molecular weight is 329 g/mol. The van der Waals surface area contributed by atoms with Crippen LogP contribution in [0.4, 0.5) is 5.69 Å². The van der Waals surface area contributed by atoms with E-state index in [0.29, 0.717) is 6.54 Å². The number of nitro groups is 1. The summed E-state index contributed by atoms with van der Waals surface area (Å²) < 4.78 is 6.28. The smallest absolute Gasteiger partial charge is 0.270 e. The van der Waals surface area contributed by atoms with Crippen LogP contribution in [0.1, 0.15) is 25.8 Å². The van der Waals surface area contributed by atoms with Crippen LogP contribution in [-0.2, 0) is 11.3 Å². The molecule has 0 spiro atoms. The molecule has 0 amide bonds. The van der Waals surface area contributed by atoms with Gasteiger partial charge in [0, 0.05) is 35.3 Å². The van der Waals surface area contributed by atoms with Crippen molar-refractivity contribution in [1.82, 2.24) is 5.32 Å². The molecule has 6 heteroatoms. The molecule has 1 saturated heterocycles. The van der Waals surface area contributed by atoms with E-state index in [-0.39, 0.29) is 22.3 Å². The van der Waals surface area contributed by atoms with Crippen molar-refractivity contribution in [1.29, 1.82) is 0 Å². The molecule has 1 aliphatic heterocycles. The fraction of sp³-hybridized carbons (Fsp3) is 0.538. The summed E-state index contributed by atoms with van der Waals surface area (Å²) >= 11 is 3.30. The fourth-order valence-corrected chi connectivity index (χ4v) is 2.74. The van der Waals surface area contributed by atoms with E-state index < -0.39 is 0 Å². The van der Waals surface area contributed by atoms with Crippen LogP contribution in [0.25, 0.3) is 0 Å². The van der Waals surface area contributed by atoms with Crippen molar-refractivity contribution in [3.63, 3.8) is 0 Å². The Labute approximate surface area is 120 Å². The molecule has 0 radical (unpaired) electrons. The summed E-state index contributed by atoms with van der Waals surface area (Å²) in [4.78, 5) is 10.4. The Morgan fingerprint density at radius 1 is 1.58 bits per heavy atom. The highest BCUT2D eigenvalue weighted by Crippen LogP contribution is 2.26.